The van der Waals surface area contributed by atoms with Crippen LogP contribution in [-0.4, -0.2) is 25.2 Å². The van der Waals surface area contributed by atoms with Gasteiger partial charge in [-0.1, -0.05) is 110 Å². The third-order valence-corrected chi connectivity index (χ3v) is 10.4. The van der Waals surface area contributed by atoms with Crippen molar-refractivity contribution in [3.8, 4) is 23.0 Å². The third-order valence-electron chi connectivity index (χ3n) is 10.4. The van der Waals surface area contributed by atoms with E-state index in [4.69, 9.17) is 18.9 Å². The first-order chi connectivity index (χ1) is 32.8. The molecule has 0 heterocycles. The lowest BCUT2D eigenvalue weighted by Gasteiger charge is -2.25. The number of para-hydroxylation sites is 4. The summed E-state index contributed by atoms with van der Waals surface area (Å²) < 4.78 is 22.2. The largest absolute Gasteiger partial charge is 0.493 e. The van der Waals surface area contributed by atoms with Crippen LogP contribution < -0.4 is 28.7 Å². The fourth-order valence-corrected chi connectivity index (χ4v) is 6.96. The van der Waals surface area contributed by atoms with Gasteiger partial charge >= 0.3 is 11.9 Å². The number of nitrogens with zero attached hydrogens (tertiary/aromatic N) is 2. The molecule has 0 radical (unpaired) electrons. The fraction of sp³-hybridized carbons (Fsp3) is 0.0847. The van der Waals surface area contributed by atoms with Gasteiger partial charge in [-0.05, 0) is 139 Å². The minimum absolute atomic E-state index is 0.374. The SMILES string of the molecule is C=C(C)C(=O)Oc1ccc(CCOc2ccc(N(c3ccccc3)c3ccccc3)cc2)cc1.C=CC(=O)Oc1ccc(CCOc2ccc(N(c3ccccc3)c3ccccc3)cc2)cc1. The van der Waals surface area contributed by atoms with Gasteiger partial charge in [0, 0.05) is 58.6 Å². The predicted octanol–water partition coefficient (Wildman–Crippen LogP) is 14.1. The average Bonchev–Trinajstić information content (AvgIpc) is 3.37. The maximum Gasteiger partial charge on any atom is 0.338 e. The molecule has 0 amide bonds. The molecule has 0 saturated heterocycles. The fourth-order valence-electron chi connectivity index (χ4n) is 6.96. The molecule has 0 saturated carbocycles. The lowest BCUT2D eigenvalue weighted by Crippen LogP contribution is -2.09. The zero-order valence-electron chi connectivity index (χ0n) is 37.4. The Kier molecular flexibility index (Phi) is 16.5. The molecule has 0 atom stereocenters. The Bertz CT molecular complexity index is 2700. The van der Waals surface area contributed by atoms with Gasteiger partial charge in [-0.2, -0.15) is 0 Å². The Morgan fingerprint density at radius 1 is 0.418 bits per heavy atom. The van der Waals surface area contributed by atoms with E-state index >= 15 is 0 Å². The van der Waals surface area contributed by atoms with Gasteiger partial charge in [-0.3, -0.25) is 0 Å². The van der Waals surface area contributed by atoms with Crippen LogP contribution in [0.4, 0.5) is 34.1 Å². The highest BCUT2D eigenvalue weighted by atomic mass is 16.5. The second-order valence-electron chi connectivity index (χ2n) is 15.3. The van der Waals surface area contributed by atoms with Crippen molar-refractivity contribution in [1.82, 2.24) is 0 Å². The molecular weight excluding hydrogens is 833 g/mol. The van der Waals surface area contributed by atoms with E-state index in [1.54, 1.807) is 31.2 Å². The van der Waals surface area contributed by atoms with Crippen molar-refractivity contribution in [3.63, 3.8) is 0 Å². The normalized spacial score (nSPS) is 10.3. The summed E-state index contributed by atoms with van der Waals surface area (Å²) in [5, 5.41) is 0. The predicted molar refractivity (Wildman–Crippen MR) is 270 cm³/mol. The van der Waals surface area contributed by atoms with Gasteiger partial charge in [-0.25, -0.2) is 9.59 Å². The molecule has 0 bridgehead atoms. The van der Waals surface area contributed by atoms with Crippen LogP contribution in [0.1, 0.15) is 18.1 Å². The number of carbonyl (C=O) groups is 2. The molecule has 0 aliphatic rings. The minimum Gasteiger partial charge on any atom is -0.493 e. The first kappa shape index (κ1) is 46.4. The topological polar surface area (TPSA) is 77.5 Å². The standard InChI is InChI=1S/C30H27NO3.C29H25NO3/c1-23(2)30(32)34-29-17-13-24(14-18-29)21-22-33-28-19-15-27(16-20-28)31(25-9-5-3-6-10-25)26-11-7-4-8-12-26;1-2-29(31)33-28-17-13-23(14-18-28)21-22-32-27-19-15-26(16-20-27)30(24-9-5-3-6-10-24)25-11-7-4-8-12-25/h3-20H,1,21-22H2,2H3;2-20H,1,21-22H2. The summed E-state index contributed by atoms with van der Waals surface area (Å²) in [6, 6.07) is 72.3. The van der Waals surface area contributed by atoms with E-state index < -0.39 is 11.9 Å². The molecule has 0 N–H and O–H groups in total. The number of benzene rings is 8. The number of ether oxygens (including phenoxy) is 4. The number of rotatable bonds is 18. The first-order valence-corrected chi connectivity index (χ1v) is 22.0. The smallest absolute Gasteiger partial charge is 0.338 e. The second kappa shape index (κ2) is 23.9. The molecule has 334 valence electrons. The summed E-state index contributed by atoms with van der Waals surface area (Å²) in [7, 11) is 0. The molecule has 0 unspecified atom stereocenters. The first-order valence-electron chi connectivity index (χ1n) is 22.0. The van der Waals surface area contributed by atoms with Crippen molar-refractivity contribution in [2.75, 3.05) is 23.0 Å². The number of esters is 2. The number of carbonyl (C=O) groups excluding carboxylic acids is 2. The van der Waals surface area contributed by atoms with E-state index in [-0.39, 0.29) is 0 Å². The Morgan fingerprint density at radius 3 is 1.03 bits per heavy atom. The van der Waals surface area contributed by atoms with E-state index in [0.29, 0.717) is 30.3 Å². The van der Waals surface area contributed by atoms with Gasteiger partial charge in [0.15, 0.2) is 0 Å². The Balaban J connectivity index is 0.000000199. The second-order valence-corrected chi connectivity index (χ2v) is 15.3. The van der Waals surface area contributed by atoms with E-state index in [2.05, 4.69) is 95.8 Å². The Morgan fingerprint density at radius 2 is 0.716 bits per heavy atom. The lowest BCUT2D eigenvalue weighted by molar-refractivity contribution is -0.130. The van der Waals surface area contributed by atoms with Gasteiger partial charge in [-0.15, -0.1) is 0 Å². The van der Waals surface area contributed by atoms with Crippen LogP contribution in [0.25, 0.3) is 0 Å². The zero-order chi connectivity index (χ0) is 46.6. The quantitative estimate of drug-likeness (QED) is 0.0479. The van der Waals surface area contributed by atoms with Gasteiger partial charge in [0.2, 0.25) is 0 Å². The maximum atomic E-state index is 11.6. The van der Waals surface area contributed by atoms with Crippen LogP contribution in [-0.2, 0) is 22.4 Å². The van der Waals surface area contributed by atoms with Crippen molar-refractivity contribution in [3.05, 3.63) is 254 Å². The van der Waals surface area contributed by atoms with Crippen LogP contribution in [0.2, 0.25) is 0 Å². The summed E-state index contributed by atoms with van der Waals surface area (Å²) in [5.74, 6) is 1.76. The summed E-state index contributed by atoms with van der Waals surface area (Å²) in [6.45, 7) is 9.71. The molecule has 8 heteroatoms. The zero-order valence-corrected chi connectivity index (χ0v) is 37.4. The van der Waals surface area contributed by atoms with Crippen molar-refractivity contribution in [1.29, 1.82) is 0 Å². The van der Waals surface area contributed by atoms with E-state index in [0.717, 1.165) is 75.7 Å². The minimum atomic E-state index is -0.465. The number of hydrogen-bond acceptors (Lipinski definition) is 8. The van der Waals surface area contributed by atoms with Gasteiger partial charge in [0.05, 0.1) is 13.2 Å². The van der Waals surface area contributed by atoms with Crippen molar-refractivity contribution in [2.45, 2.75) is 19.8 Å². The number of hydrogen-bond donors (Lipinski definition) is 0. The molecule has 8 aromatic carbocycles. The van der Waals surface area contributed by atoms with Crippen LogP contribution in [0.3, 0.4) is 0 Å². The van der Waals surface area contributed by atoms with E-state index in [9.17, 15) is 9.59 Å². The molecule has 0 aliphatic carbocycles. The van der Waals surface area contributed by atoms with Crippen molar-refractivity contribution < 1.29 is 28.5 Å². The third kappa shape index (κ3) is 13.7. The molecule has 0 fully saturated rings. The highest BCUT2D eigenvalue weighted by Crippen LogP contribution is 2.36. The van der Waals surface area contributed by atoms with Gasteiger partial charge in [0.25, 0.3) is 0 Å². The monoisotopic (exact) mass is 884 g/mol. The van der Waals surface area contributed by atoms with Crippen molar-refractivity contribution in [2.24, 2.45) is 0 Å². The molecule has 8 rings (SSSR count). The Hall–Kier alpha value is -8.62. The molecular formula is C59H52N2O6. The van der Waals surface area contributed by atoms with Gasteiger partial charge < -0.3 is 28.7 Å². The lowest BCUT2D eigenvalue weighted by atomic mass is 10.1. The molecule has 8 nitrogen and oxygen atoms in total. The molecule has 0 aliphatic heterocycles. The average molecular weight is 885 g/mol. The summed E-state index contributed by atoms with van der Waals surface area (Å²) in [5.41, 5.74) is 9.09. The van der Waals surface area contributed by atoms with Gasteiger partial charge in [0.1, 0.15) is 23.0 Å². The van der Waals surface area contributed by atoms with E-state index in [1.807, 2.05) is 121 Å². The van der Waals surface area contributed by atoms with Crippen LogP contribution in [0, 0.1) is 0 Å². The molecule has 8 aromatic rings. The van der Waals surface area contributed by atoms with Crippen LogP contribution in [0.5, 0.6) is 23.0 Å². The summed E-state index contributed by atoms with van der Waals surface area (Å²) >= 11 is 0. The molecule has 0 spiro atoms. The Labute approximate surface area is 393 Å². The summed E-state index contributed by atoms with van der Waals surface area (Å²) in [6.07, 6.45) is 2.64. The summed E-state index contributed by atoms with van der Waals surface area (Å²) in [4.78, 5) is 27.3. The van der Waals surface area contributed by atoms with Crippen molar-refractivity contribution >= 4 is 46.1 Å². The molecule has 67 heavy (non-hydrogen) atoms. The van der Waals surface area contributed by atoms with Crippen LogP contribution in [0.15, 0.2) is 243 Å². The maximum absolute atomic E-state index is 11.6. The van der Waals surface area contributed by atoms with Crippen LogP contribution >= 0.6 is 0 Å². The highest BCUT2D eigenvalue weighted by Gasteiger charge is 2.14. The van der Waals surface area contributed by atoms with E-state index in [1.165, 1.54) is 0 Å². The molecule has 0 aromatic heterocycles. The number of anilines is 6. The highest BCUT2D eigenvalue weighted by molar-refractivity contribution is 5.88.